The third-order valence-corrected chi connectivity index (χ3v) is 2.98. The molecule has 0 radical (unpaired) electrons. The van der Waals surface area contributed by atoms with Crippen LogP contribution in [0.25, 0.3) is 10.9 Å². The third kappa shape index (κ3) is 2.93. The fraction of sp³-hybridized carbons (Fsp3) is 0.214. The Morgan fingerprint density at radius 3 is 3.11 bits per heavy atom. The fourth-order valence-electron chi connectivity index (χ4n) is 1.89. The predicted octanol–water partition coefficient (Wildman–Crippen LogP) is 3.06. The third-order valence-electron chi connectivity index (χ3n) is 2.74. The maximum Gasteiger partial charge on any atom is 0.243 e. The van der Waals surface area contributed by atoms with E-state index in [0.29, 0.717) is 6.54 Å². The number of hydrogen-bond donors (Lipinski definition) is 2. The smallest absolute Gasteiger partial charge is 0.243 e. The van der Waals surface area contributed by atoms with Crippen molar-refractivity contribution in [3.63, 3.8) is 0 Å². The van der Waals surface area contributed by atoms with E-state index in [-0.39, 0.29) is 5.91 Å². The van der Waals surface area contributed by atoms with E-state index < -0.39 is 0 Å². The quantitative estimate of drug-likeness (QED) is 0.818. The minimum Gasteiger partial charge on any atom is -0.361 e. The molecule has 0 spiro atoms. The van der Waals surface area contributed by atoms with Crippen LogP contribution in [-0.4, -0.2) is 17.4 Å². The molecule has 1 aromatic heterocycles. The number of rotatable bonds is 4. The molecule has 2 rings (SSSR count). The number of allylic oxidation sites excluding steroid dienone is 1. The molecule has 18 heavy (non-hydrogen) atoms. The normalized spacial score (nSPS) is 11.2. The molecule has 0 aliphatic rings. The fourth-order valence-corrected chi connectivity index (χ4v) is 2.06. The highest BCUT2D eigenvalue weighted by Gasteiger charge is 2.04. The molecule has 0 unspecified atom stereocenters. The monoisotopic (exact) mass is 262 g/mol. The summed E-state index contributed by atoms with van der Waals surface area (Å²) in [6.45, 7) is 2.43. The Bertz CT molecular complexity index is 586. The number of aromatic nitrogens is 1. The molecule has 3 nitrogen and oxygen atoms in total. The van der Waals surface area contributed by atoms with E-state index in [1.54, 1.807) is 6.08 Å². The molecule has 0 saturated carbocycles. The molecule has 0 fully saturated rings. The summed E-state index contributed by atoms with van der Waals surface area (Å²) in [7, 11) is 0. The summed E-state index contributed by atoms with van der Waals surface area (Å²) in [6, 6.07) is 5.76. The van der Waals surface area contributed by atoms with Crippen LogP contribution in [0.15, 0.2) is 36.5 Å². The van der Waals surface area contributed by atoms with Gasteiger partial charge in [-0.1, -0.05) is 17.7 Å². The highest BCUT2D eigenvalue weighted by atomic mass is 35.5. The van der Waals surface area contributed by atoms with Gasteiger partial charge in [-0.05, 0) is 43.2 Å². The van der Waals surface area contributed by atoms with Crippen molar-refractivity contribution in [3.8, 4) is 0 Å². The number of carbonyl (C=O) groups is 1. The number of aromatic amines is 1. The molecule has 2 aromatic rings. The Morgan fingerprint density at radius 1 is 1.50 bits per heavy atom. The van der Waals surface area contributed by atoms with Crippen LogP contribution in [0.5, 0.6) is 0 Å². The van der Waals surface area contributed by atoms with Crippen LogP contribution >= 0.6 is 11.6 Å². The minimum atomic E-state index is -0.0598. The maximum atomic E-state index is 11.3. The first-order chi connectivity index (χ1) is 8.70. The molecule has 4 heteroatoms. The second-order valence-corrected chi connectivity index (χ2v) is 4.48. The van der Waals surface area contributed by atoms with E-state index in [9.17, 15) is 4.79 Å². The standard InChI is InChI=1S/C14H15ClN2O/c1-2-3-14(18)16-7-6-10-9-17-13-5-4-11(15)8-12(10)13/h2-5,8-9,17H,6-7H2,1H3,(H,16,18)/b3-2+. The van der Waals surface area contributed by atoms with E-state index in [1.807, 2.05) is 31.3 Å². The molecule has 1 amide bonds. The number of nitrogens with one attached hydrogen (secondary N) is 2. The van der Waals surface area contributed by atoms with Gasteiger partial charge >= 0.3 is 0 Å². The van der Waals surface area contributed by atoms with Gasteiger partial charge < -0.3 is 10.3 Å². The zero-order valence-corrected chi connectivity index (χ0v) is 10.9. The van der Waals surface area contributed by atoms with Gasteiger partial charge in [0.2, 0.25) is 5.91 Å². The van der Waals surface area contributed by atoms with Crippen molar-refractivity contribution < 1.29 is 4.79 Å². The molecule has 0 aliphatic heterocycles. The summed E-state index contributed by atoms with van der Waals surface area (Å²) in [6.07, 6.45) is 5.99. The van der Waals surface area contributed by atoms with E-state index in [2.05, 4.69) is 10.3 Å². The molecular weight excluding hydrogens is 248 g/mol. The van der Waals surface area contributed by atoms with Crippen LogP contribution in [0.4, 0.5) is 0 Å². The Hall–Kier alpha value is -1.74. The number of H-pyrrole nitrogens is 1. The van der Waals surface area contributed by atoms with Crippen molar-refractivity contribution >= 4 is 28.4 Å². The molecule has 0 aliphatic carbocycles. The van der Waals surface area contributed by atoms with Crippen LogP contribution in [0.2, 0.25) is 5.02 Å². The Labute approximate surface area is 111 Å². The van der Waals surface area contributed by atoms with Gasteiger partial charge in [0, 0.05) is 28.7 Å². The van der Waals surface area contributed by atoms with Crippen molar-refractivity contribution in [1.82, 2.24) is 10.3 Å². The van der Waals surface area contributed by atoms with Gasteiger partial charge in [0.05, 0.1) is 0 Å². The van der Waals surface area contributed by atoms with Gasteiger partial charge in [-0.15, -0.1) is 0 Å². The zero-order chi connectivity index (χ0) is 13.0. The van der Waals surface area contributed by atoms with E-state index in [1.165, 1.54) is 6.08 Å². The van der Waals surface area contributed by atoms with Gasteiger partial charge in [0.25, 0.3) is 0 Å². The highest BCUT2D eigenvalue weighted by molar-refractivity contribution is 6.31. The van der Waals surface area contributed by atoms with E-state index in [0.717, 1.165) is 27.9 Å². The highest BCUT2D eigenvalue weighted by Crippen LogP contribution is 2.22. The topological polar surface area (TPSA) is 44.9 Å². The number of benzene rings is 1. The van der Waals surface area contributed by atoms with Crippen LogP contribution in [0.1, 0.15) is 12.5 Å². The van der Waals surface area contributed by atoms with Crippen molar-refractivity contribution in [2.75, 3.05) is 6.54 Å². The number of carbonyl (C=O) groups excluding carboxylic acids is 1. The van der Waals surface area contributed by atoms with E-state index in [4.69, 9.17) is 11.6 Å². The van der Waals surface area contributed by atoms with Crippen LogP contribution < -0.4 is 5.32 Å². The molecule has 0 atom stereocenters. The average Bonchev–Trinajstić information content (AvgIpc) is 2.72. The lowest BCUT2D eigenvalue weighted by molar-refractivity contribution is -0.116. The Morgan fingerprint density at radius 2 is 2.33 bits per heavy atom. The first kappa shape index (κ1) is 12.7. The predicted molar refractivity (Wildman–Crippen MR) is 74.8 cm³/mol. The summed E-state index contributed by atoms with van der Waals surface area (Å²) in [5, 5.41) is 4.67. The number of hydrogen-bond acceptors (Lipinski definition) is 1. The molecule has 0 bridgehead atoms. The largest absolute Gasteiger partial charge is 0.361 e. The van der Waals surface area contributed by atoms with Gasteiger partial charge in [-0.3, -0.25) is 4.79 Å². The van der Waals surface area contributed by atoms with Crippen molar-refractivity contribution in [2.24, 2.45) is 0 Å². The minimum absolute atomic E-state index is 0.0598. The van der Waals surface area contributed by atoms with Crippen LogP contribution in [-0.2, 0) is 11.2 Å². The Balaban J connectivity index is 2.04. The van der Waals surface area contributed by atoms with Gasteiger partial charge in [-0.2, -0.15) is 0 Å². The van der Waals surface area contributed by atoms with Gasteiger partial charge in [0.15, 0.2) is 0 Å². The van der Waals surface area contributed by atoms with Crippen molar-refractivity contribution in [3.05, 3.63) is 47.1 Å². The summed E-state index contributed by atoms with van der Waals surface area (Å²) in [5.74, 6) is -0.0598. The second kappa shape index (κ2) is 5.74. The number of fused-ring (bicyclic) bond motifs is 1. The molecule has 94 valence electrons. The summed E-state index contributed by atoms with van der Waals surface area (Å²) in [5.41, 5.74) is 2.22. The number of amides is 1. The first-order valence-electron chi connectivity index (χ1n) is 5.86. The lowest BCUT2D eigenvalue weighted by Crippen LogP contribution is -2.23. The molecular formula is C14H15ClN2O. The maximum absolute atomic E-state index is 11.3. The summed E-state index contributed by atoms with van der Waals surface area (Å²) in [4.78, 5) is 14.5. The van der Waals surface area contributed by atoms with Crippen molar-refractivity contribution in [1.29, 1.82) is 0 Å². The van der Waals surface area contributed by atoms with Gasteiger partial charge in [-0.25, -0.2) is 0 Å². The molecule has 0 saturated heterocycles. The van der Waals surface area contributed by atoms with E-state index >= 15 is 0 Å². The van der Waals surface area contributed by atoms with Crippen LogP contribution in [0.3, 0.4) is 0 Å². The average molecular weight is 263 g/mol. The Kier molecular flexibility index (Phi) is 4.05. The van der Waals surface area contributed by atoms with Gasteiger partial charge in [0.1, 0.15) is 0 Å². The SMILES string of the molecule is C/C=C/C(=O)NCCc1c[nH]c2ccc(Cl)cc12. The summed E-state index contributed by atoms with van der Waals surface area (Å²) < 4.78 is 0. The molecule has 1 aromatic carbocycles. The molecule has 2 N–H and O–H groups in total. The van der Waals surface area contributed by atoms with Crippen molar-refractivity contribution in [2.45, 2.75) is 13.3 Å². The first-order valence-corrected chi connectivity index (χ1v) is 6.24. The zero-order valence-electron chi connectivity index (χ0n) is 10.2. The molecule has 1 heterocycles. The lowest BCUT2D eigenvalue weighted by atomic mass is 10.1. The van der Waals surface area contributed by atoms with Crippen LogP contribution in [0, 0.1) is 0 Å². The summed E-state index contributed by atoms with van der Waals surface area (Å²) >= 11 is 5.98. The second-order valence-electron chi connectivity index (χ2n) is 4.04. The number of halogens is 1. The lowest BCUT2D eigenvalue weighted by Gasteiger charge is -2.01.